The Labute approximate surface area is 137 Å². The number of anilines is 2. The number of aromatic nitrogens is 3. The standard InChI is InChI=1S/C18H23N5/c1-13(2)17-7-18(21-12-20-17)23-10-14-8-22(9-15(14)11-23)16-3-5-19-6-4-16/h3-7,12-15H,8-11H2,1-2H3. The van der Waals surface area contributed by atoms with E-state index < -0.39 is 0 Å². The monoisotopic (exact) mass is 309 g/mol. The second-order valence-corrected chi connectivity index (χ2v) is 6.99. The largest absolute Gasteiger partial charge is 0.371 e. The first-order chi connectivity index (χ1) is 11.2. The second kappa shape index (κ2) is 5.80. The van der Waals surface area contributed by atoms with Gasteiger partial charge >= 0.3 is 0 Å². The van der Waals surface area contributed by atoms with Gasteiger partial charge in [-0.1, -0.05) is 13.8 Å². The van der Waals surface area contributed by atoms with E-state index in [0.29, 0.717) is 5.92 Å². The molecule has 120 valence electrons. The molecular formula is C18H23N5. The van der Waals surface area contributed by atoms with Crippen molar-refractivity contribution >= 4 is 11.5 Å². The van der Waals surface area contributed by atoms with Crippen LogP contribution in [-0.4, -0.2) is 41.1 Å². The lowest BCUT2D eigenvalue weighted by Crippen LogP contribution is -2.29. The van der Waals surface area contributed by atoms with Crippen LogP contribution in [0.4, 0.5) is 11.5 Å². The van der Waals surface area contributed by atoms with Crippen LogP contribution in [0.1, 0.15) is 25.5 Å². The summed E-state index contributed by atoms with van der Waals surface area (Å²) in [5.74, 6) is 2.98. The Bertz CT molecular complexity index is 658. The number of fused-ring (bicyclic) bond motifs is 1. The van der Waals surface area contributed by atoms with Crippen molar-refractivity contribution in [3.05, 3.63) is 42.6 Å². The van der Waals surface area contributed by atoms with Crippen molar-refractivity contribution in [2.45, 2.75) is 19.8 Å². The summed E-state index contributed by atoms with van der Waals surface area (Å²) >= 11 is 0. The van der Waals surface area contributed by atoms with Gasteiger partial charge < -0.3 is 9.80 Å². The third kappa shape index (κ3) is 2.76. The summed E-state index contributed by atoms with van der Waals surface area (Å²) in [4.78, 5) is 17.9. The minimum atomic E-state index is 0.445. The fraction of sp³-hybridized carbons (Fsp3) is 0.500. The molecule has 0 amide bonds. The van der Waals surface area contributed by atoms with E-state index in [-0.39, 0.29) is 0 Å². The van der Waals surface area contributed by atoms with E-state index in [1.807, 2.05) is 12.4 Å². The van der Waals surface area contributed by atoms with Gasteiger partial charge in [-0.2, -0.15) is 0 Å². The molecule has 0 aliphatic carbocycles. The van der Waals surface area contributed by atoms with E-state index in [1.54, 1.807) is 6.33 Å². The molecule has 0 spiro atoms. The lowest BCUT2D eigenvalue weighted by atomic mass is 10.0. The SMILES string of the molecule is CC(C)c1cc(N2CC3CN(c4ccncc4)CC3C2)ncn1. The highest BCUT2D eigenvalue weighted by Gasteiger charge is 2.40. The highest BCUT2D eigenvalue weighted by Crippen LogP contribution is 2.35. The molecule has 4 heterocycles. The average molecular weight is 309 g/mol. The Morgan fingerprint density at radius 2 is 1.61 bits per heavy atom. The molecule has 2 aliphatic rings. The number of rotatable bonds is 3. The van der Waals surface area contributed by atoms with Crippen LogP contribution in [0, 0.1) is 11.8 Å². The molecule has 2 saturated heterocycles. The number of pyridine rings is 1. The zero-order chi connectivity index (χ0) is 15.8. The van der Waals surface area contributed by atoms with Crippen molar-refractivity contribution in [3.8, 4) is 0 Å². The highest BCUT2D eigenvalue weighted by atomic mass is 15.3. The van der Waals surface area contributed by atoms with Gasteiger partial charge in [-0.3, -0.25) is 4.98 Å². The predicted octanol–water partition coefficient (Wildman–Crippen LogP) is 2.57. The summed E-state index contributed by atoms with van der Waals surface area (Å²) in [6, 6.07) is 6.38. The Hall–Kier alpha value is -2.17. The molecule has 0 aromatic carbocycles. The van der Waals surface area contributed by atoms with Crippen molar-refractivity contribution in [1.82, 2.24) is 15.0 Å². The van der Waals surface area contributed by atoms with Crippen molar-refractivity contribution in [1.29, 1.82) is 0 Å². The maximum atomic E-state index is 4.50. The van der Waals surface area contributed by atoms with E-state index >= 15 is 0 Å². The smallest absolute Gasteiger partial charge is 0.132 e. The van der Waals surface area contributed by atoms with Crippen LogP contribution in [-0.2, 0) is 0 Å². The van der Waals surface area contributed by atoms with E-state index in [9.17, 15) is 0 Å². The van der Waals surface area contributed by atoms with Crippen molar-refractivity contribution in [3.63, 3.8) is 0 Å². The fourth-order valence-corrected chi connectivity index (χ4v) is 3.80. The van der Waals surface area contributed by atoms with Crippen molar-refractivity contribution in [2.75, 3.05) is 36.0 Å². The first-order valence-corrected chi connectivity index (χ1v) is 8.42. The Morgan fingerprint density at radius 3 is 2.26 bits per heavy atom. The first kappa shape index (κ1) is 14.4. The zero-order valence-electron chi connectivity index (χ0n) is 13.8. The van der Waals surface area contributed by atoms with Crippen LogP contribution in [0.2, 0.25) is 0 Å². The normalized spacial score (nSPS) is 23.6. The third-order valence-corrected chi connectivity index (χ3v) is 5.10. The summed E-state index contributed by atoms with van der Waals surface area (Å²) in [6.45, 7) is 8.82. The minimum Gasteiger partial charge on any atom is -0.371 e. The van der Waals surface area contributed by atoms with Gasteiger partial charge in [-0.15, -0.1) is 0 Å². The molecule has 0 radical (unpaired) electrons. The van der Waals surface area contributed by atoms with Gasteiger partial charge in [-0.25, -0.2) is 9.97 Å². The van der Waals surface area contributed by atoms with Crippen molar-refractivity contribution < 1.29 is 0 Å². The predicted molar refractivity (Wildman–Crippen MR) is 91.8 cm³/mol. The van der Waals surface area contributed by atoms with Gasteiger partial charge in [-0.05, 0) is 18.1 Å². The summed E-state index contributed by atoms with van der Waals surface area (Å²) in [5, 5.41) is 0. The maximum Gasteiger partial charge on any atom is 0.132 e. The van der Waals surface area contributed by atoms with E-state index in [4.69, 9.17) is 0 Å². The summed E-state index contributed by atoms with van der Waals surface area (Å²) in [5.41, 5.74) is 2.43. The topological polar surface area (TPSA) is 45.2 Å². The van der Waals surface area contributed by atoms with Crippen LogP contribution in [0.3, 0.4) is 0 Å². The third-order valence-electron chi connectivity index (χ3n) is 5.10. The molecule has 0 bridgehead atoms. The van der Waals surface area contributed by atoms with Crippen LogP contribution >= 0.6 is 0 Å². The van der Waals surface area contributed by atoms with E-state index in [0.717, 1.165) is 49.5 Å². The molecule has 2 aliphatic heterocycles. The Morgan fingerprint density at radius 1 is 0.957 bits per heavy atom. The van der Waals surface area contributed by atoms with Gasteiger partial charge in [0.25, 0.3) is 0 Å². The lowest BCUT2D eigenvalue weighted by Gasteiger charge is -2.24. The molecule has 23 heavy (non-hydrogen) atoms. The number of hydrogen-bond donors (Lipinski definition) is 0. The first-order valence-electron chi connectivity index (χ1n) is 8.42. The van der Waals surface area contributed by atoms with Crippen molar-refractivity contribution in [2.24, 2.45) is 11.8 Å². The van der Waals surface area contributed by atoms with E-state index in [1.165, 1.54) is 5.69 Å². The molecule has 0 N–H and O–H groups in total. The van der Waals surface area contributed by atoms with Crippen LogP contribution in [0.15, 0.2) is 36.9 Å². The second-order valence-electron chi connectivity index (χ2n) is 6.99. The molecular weight excluding hydrogens is 286 g/mol. The van der Waals surface area contributed by atoms with Crippen LogP contribution in [0.5, 0.6) is 0 Å². The number of nitrogens with zero attached hydrogens (tertiary/aromatic N) is 5. The summed E-state index contributed by atoms with van der Waals surface area (Å²) in [6.07, 6.45) is 5.47. The van der Waals surface area contributed by atoms with Gasteiger partial charge in [0.1, 0.15) is 12.1 Å². The van der Waals surface area contributed by atoms with E-state index in [2.05, 4.69) is 56.8 Å². The van der Waals surface area contributed by atoms with Gasteiger partial charge in [0.05, 0.1) is 0 Å². The molecule has 2 atom stereocenters. The van der Waals surface area contributed by atoms with Crippen LogP contribution < -0.4 is 9.80 Å². The molecule has 2 aromatic rings. The lowest BCUT2D eigenvalue weighted by molar-refractivity contribution is 0.533. The summed E-state index contributed by atoms with van der Waals surface area (Å²) < 4.78 is 0. The quantitative estimate of drug-likeness (QED) is 0.872. The zero-order valence-corrected chi connectivity index (χ0v) is 13.8. The molecule has 4 rings (SSSR count). The van der Waals surface area contributed by atoms with Gasteiger partial charge in [0, 0.05) is 67.9 Å². The fourth-order valence-electron chi connectivity index (χ4n) is 3.80. The number of hydrogen-bond acceptors (Lipinski definition) is 5. The highest BCUT2D eigenvalue weighted by molar-refractivity contribution is 5.48. The Kier molecular flexibility index (Phi) is 3.63. The van der Waals surface area contributed by atoms with Gasteiger partial charge in [0.2, 0.25) is 0 Å². The molecule has 0 saturated carbocycles. The average Bonchev–Trinajstić information content (AvgIpc) is 3.14. The Balaban J connectivity index is 1.45. The minimum absolute atomic E-state index is 0.445. The molecule has 2 aromatic heterocycles. The van der Waals surface area contributed by atoms with Gasteiger partial charge in [0.15, 0.2) is 0 Å². The molecule has 2 fully saturated rings. The maximum absolute atomic E-state index is 4.50. The summed E-state index contributed by atoms with van der Waals surface area (Å²) in [7, 11) is 0. The molecule has 5 heteroatoms. The van der Waals surface area contributed by atoms with Crippen LogP contribution in [0.25, 0.3) is 0 Å². The molecule has 2 unspecified atom stereocenters. The molecule has 5 nitrogen and oxygen atoms in total.